The zero-order valence-corrected chi connectivity index (χ0v) is 11.7. The predicted molar refractivity (Wildman–Crippen MR) is 76.3 cm³/mol. The summed E-state index contributed by atoms with van der Waals surface area (Å²) >= 11 is 0. The lowest BCUT2D eigenvalue weighted by molar-refractivity contribution is -0.0337. The first-order valence-corrected chi connectivity index (χ1v) is 6.96. The first-order chi connectivity index (χ1) is 9.70. The summed E-state index contributed by atoms with van der Waals surface area (Å²) in [4.78, 5) is 0. The van der Waals surface area contributed by atoms with Crippen LogP contribution in [0.25, 0.3) is 11.4 Å². The number of H-pyrrole nitrogens is 1. The highest BCUT2D eigenvalue weighted by molar-refractivity contribution is 5.61. The number of rotatable bonds is 3. The molecular formula is C14H19N5O. The molecule has 1 aliphatic rings. The van der Waals surface area contributed by atoms with Crippen LogP contribution in [0.5, 0.6) is 0 Å². The molecule has 20 heavy (non-hydrogen) atoms. The van der Waals surface area contributed by atoms with Gasteiger partial charge in [0.2, 0.25) is 5.82 Å². The molecular weight excluding hydrogens is 254 g/mol. The van der Waals surface area contributed by atoms with E-state index < -0.39 is 0 Å². The molecule has 0 radical (unpaired) electrons. The lowest BCUT2D eigenvalue weighted by Gasteiger charge is -2.33. The number of ether oxygens (including phenoxy) is 1. The van der Waals surface area contributed by atoms with Crippen LogP contribution in [-0.4, -0.2) is 38.9 Å². The fourth-order valence-corrected chi connectivity index (χ4v) is 2.79. The Labute approximate surface area is 117 Å². The van der Waals surface area contributed by atoms with Gasteiger partial charge in [-0.1, -0.05) is 12.1 Å². The van der Waals surface area contributed by atoms with Gasteiger partial charge in [-0.3, -0.25) is 0 Å². The third-order valence-corrected chi connectivity index (χ3v) is 3.53. The van der Waals surface area contributed by atoms with Crippen LogP contribution in [0, 0.1) is 0 Å². The molecule has 2 N–H and O–H groups in total. The summed E-state index contributed by atoms with van der Waals surface area (Å²) in [6.07, 6.45) is 2.65. The van der Waals surface area contributed by atoms with E-state index in [1.54, 1.807) is 0 Å². The van der Waals surface area contributed by atoms with Gasteiger partial charge < -0.3 is 10.1 Å². The van der Waals surface area contributed by atoms with Gasteiger partial charge in [0.1, 0.15) is 0 Å². The van der Waals surface area contributed by atoms with Crippen LogP contribution >= 0.6 is 0 Å². The highest BCUT2D eigenvalue weighted by Crippen LogP contribution is 2.24. The Morgan fingerprint density at radius 1 is 1.25 bits per heavy atom. The molecule has 3 rings (SSSR count). The number of nitrogens with one attached hydrogen (secondary N) is 2. The van der Waals surface area contributed by atoms with Gasteiger partial charge in [0.25, 0.3) is 0 Å². The van der Waals surface area contributed by atoms with Crippen LogP contribution in [0.2, 0.25) is 0 Å². The van der Waals surface area contributed by atoms with Crippen molar-refractivity contribution in [2.75, 3.05) is 5.32 Å². The molecule has 0 spiro atoms. The zero-order valence-electron chi connectivity index (χ0n) is 11.7. The van der Waals surface area contributed by atoms with Crippen molar-refractivity contribution in [2.45, 2.75) is 44.9 Å². The highest BCUT2D eigenvalue weighted by Gasteiger charge is 2.24. The average Bonchev–Trinajstić information content (AvgIpc) is 2.91. The molecule has 2 unspecified atom stereocenters. The number of anilines is 1. The van der Waals surface area contributed by atoms with Crippen molar-refractivity contribution in [1.29, 1.82) is 0 Å². The Kier molecular flexibility index (Phi) is 3.64. The van der Waals surface area contributed by atoms with Crippen molar-refractivity contribution >= 4 is 5.69 Å². The minimum atomic E-state index is 0.302. The fourth-order valence-electron chi connectivity index (χ4n) is 2.79. The molecule has 2 aromatic rings. The van der Waals surface area contributed by atoms with E-state index in [0.29, 0.717) is 24.1 Å². The second-order valence-corrected chi connectivity index (χ2v) is 5.39. The summed E-state index contributed by atoms with van der Waals surface area (Å²) in [7, 11) is 0. The van der Waals surface area contributed by atoms with Crippen LogP contribution in [0.15, 0.2) is 24.3 Å². The van der Waals surface area contributed by atoms with E-state index in [-0.39, 0.29) is 0 Å². The lowest BCUT2D eigenvalue weighted by atomic mass is 9.99. The van der Waals surface area contributed by atoms with Gasteiger partial charge in [0, 0.05) is 17.3 Å². The molecule has 6 heteroatoms. The number of aromatic nitrogens is 4. The van der Waals surface area contributed by atoms with Crippen LogP contribution in [-0.2, 0) is 4.74 Å². The Hall–Kier alpha value is -1.95. The quantitative estimate of drug-likeness (QED) is 0.897. The smallest absolute Gasteiger partial charge is 0.204 e. The SMILES string of the molecule is CC1CC(Nc2cccc(-c3nn[nH]n3)c2)CC(C)O1. The van der Waals surface area contributed by atoms with Crippen molar-refractivity contribution in [1.82, 2.24) is 20.6 Å². The van der Waals surface area contributed by atoms with E-state index >= 15 is 0 Å². The number of hydrogen-bond acceptors (Lipinski definition) is 5. The third-order valence-electron chi connectivity index (χ3n) is 3.53. The number of benzene rings is 1. The molecule has 2 atom stereocenters. The minimum Gasteiger partial charge on any atom is -0.382 e. The van der Waals surface area contributed by atoms with Gasteiger partial charge in [0.05, 0.1) is 12.2 Å². The van der Waals surface area contributed by atoms with Crippen molar-refractivity contribution < 1.29 is 4.74 Å². The first kappa shape index (κ1) is 13.1. The Morgan fingerprint density at radius 2 is 2.05 bits per heavy atom. The van der Waals surface area contributed by atoms with Crippen molar-refractivity contribution in [3.05, 3.63) is 24.3 Å². The number of aromatic amines is 1. The fraction of sp³-hybridized carbons (Fsp3) is 0.500. The zero-order chi connectivity index (χ0) is 13.9. The third kappa shape index (κ3) is 2.96. The van der Waals surface area contributed by atoms with Crippen molar-refractivity contribution in [3.63, 3.8) is 0 Å². The molecule has 1 fully saturated rings. The molecule has 0 amide bonds. The molecule has 1 aliphatic heterocycles. The number of nitrogens with zero attached hydrogens (tertiary/aromatic N) is 3. The van der Waals surface area contributed by atoms with E-state index in [2.05, 4.69) is 51.9 Å². The molecule has 1 aromatic carbocycles. The standard InChI is InChI=1S/C14H19N5O/c1-9-6-13(7-10(2)20-9)15-12-5-3-4-11(8-12)14-16-18-19-17-14/h3-5,8-10,13,15H,6-7H2,1-2H3,(H,16,17,18,19). The Balaban J connectivity index is 1.73. The second kappa shape index (κ2) is 5.58. The monoisotopic (exact) mass is 273 g/mol. The van der Waals surface area contributed by atoms with Gasteiger partial charge in [0.15, 0.2) is 0 Å². The van der Waals surface area contributed by atoms with Crippen LogP contribution in [0.3, 0.4) is 0 Å². The van der Waals surface area contributed by atoms with Gasteiger partial charge in [-0.05, 0) is 44.0 Å². The summed E-state index contributed by atoms with van der Waals surface area (Å²) in [5.74, 6) is 0.613. The molecule has 1 aromatic heterocycles. The van der Waals surface area contributed by atoms with E-state index in [4.69, 9.17) is 4.74 Å². The number of hydrogen-bond donors (Lipinski definition) is 2. The van der Waals surface area contributed by atoms with Gasteiger partial charge >= 0.3 is 0 Å². The van der Waals surface area contributed by atoms with Crippen molar-refractivity contribution in [3.8, 4) is 11.4 Å². The molecule has 0 bridgehead atoms. The van der Waals surface area contributed by atoms with Crippen molar-refractivity contribution in [2.24, 2.45) is 0 Å². The normalized spacial score (nSPS) is 26.4. The summed E-state index contributed by atoms with van der Waals surface area (Å²) < 4.78 is 5.76. The predicted octanol–water partition coefficient (Wildman–Crippen LogP) is 2.23. The maximum atomic E-state index is 5.76. The molecule has 6 nitrogen and oxygen atoms in total. The van der Waals surface area contributed by atoms with E-state index in [0.717, 1.165) is 24.1 Å². The Morgan fingerprint density at radius 3 is 2.75 bits per heavy atom. The average molecular weight is 273 g/mol. The second-order valence-electron chi connectivity index (χ2n) is 5.39. The molecule has 0 aliphatic carbocycles. The molecule has 1 saturated heterocycles. The van der Waals surface area contributed by atoms with E-state index in [1.165, 1.54) is 0 Å². The molecule has 0 saturated carbocycles. The van der Waals surface area contributed by atoms with Crippen LogP contribution < -0.4 is 5.32 Å². The summed E-state index contributed by atoms with van der Waals surface area (Å²) in [5, 5.41) is 17.6. The maximum Gasteiger partial charge on any atom is 0.204 e. The maximum absolute atomic E-state index is 5.76. The summed E-state index contributed by atoms with van der Waals surface area (Å²) in [6, 6.07) is 8.53. The van der Waals surface area contributed by atoms with Gasteiger partial charge in [-0.25, -0.2) is 0 Å². The van der Waals surface area contributed by atoms with E-state index in [1.807, 2.05) is 12.1 Å². The first-order valence-electron chi connectivity index (χ1n) is 6.96. The van der Waals surface area contributed by atoms with Gasteiger partial charge in [-0.15, -0.1) is 10.2 Å². The van der Waals surface area contributed by atoms with Crippen LogP contribution in [0.4, 0.5) is 5.69 Å². The summed E-state index contributed by atoms with van der Waals surface area (Å²) in [6.45, 7) is 4.25. The minimum absolute atomic E-state index is 0.302. The van der Waals surface area contributed by atoms with Gasteiger partial charge in [-0.2, -0.15) is 5.21 Å². The highest BCUT2D eigenvalue weighted by atomic mass is 16.5. The topological polar surface area (TPSA) is 75.7 Å². The van der Waals surface area contributed by atoms with E-state index in [9.17, 15) is 0 Å². The largest absolute Gasteiger partial charge is 0.382 e. The molecule has 106 valence electrons. The molecule has 2 heterocycles. The summed E-state index contributed by atoms with van der Waals surface area (Å²) in [5.41, 5.74) is 2.04. The van der Waals surface area contributed by atoms with Crippen LogP contribution in [0.1, 0.15) is 26.7 Å². The lowest BCUT2D eigenvalue weighted by Crippen LogP contribution is -2.36. The number of tetrazole rings is 1. The Bertz CT molecular complexity index is 546.